The second-order valence-electron chi connectivity index (χ2n) is 14.7. The van der Waals surface area contributed by atoms with Gasteiger partial charge in [-0.2, -0.15) is 0 Å². The molecule has 0 bridgehead atoms. The summed E-state index contributed by atoms with van der Waals surface area (Å²) in [6, 6.07) is 60.3. The van der Waals surface area contributed by atoms with Gasteiger partial charge in [-0.15, -0.1) is 0 Å². The molecule has 56 heavy (non-hydrogen) atoms. The molecule has 2 aliphatic rings. The maximum absolute atomic E-state index is 6.61. The number of hydrogen-bond acceptors (Lipinski definition) is 4. The molecule has 7 aromatic carbocycles. The van der Waals surface area contributed by atoms with Gasteiger partial charge in [0.25, 0.3) is 0 Å². The summed E-state index contributed by atoms with van der Waals surface area (Å²) in [5, 5.41) is 13.7. The minimum absolute atomic E-state index is 0.221. The molecule has 0 amide bonds. The highest BCUT2D eigenvalue weighted by atomic mass is 16.3. The van der Waals surface area contributed by atoms with Crippen LogP contribution in [0.15, 0.2) is 179 Å². The monoisotopic (exact) mass is 722 g/mol. The summed E-state index contributed by atoms with van der Waals surface area (Å²) >= 11 is 0. The van der Waals surface area contributed by atoms with Gasteiger partial charge in [-0.1, -0.05) is 158 Å². The summed E-state index contributed by atoms with van der Waals surface area (Å²) in [5.74, 6) is 0.854. The van der Waals surface area contributed by atoms with Crippen molar-refractivity contribution in [3.05, 3.63) is 197 Å². The van der Waals surface area contributed by atoms with Gasteiger partial charge in [0.2, 0.25) is 0 Å². The molecular formula is C51H38N4O. The largest absolute Gasteiger partial charge is 0.454 e. The fourth-order valence-electron chi connectivity index (χ4n) is 8.57. The normalized spacial score (nSPS) is 16.5. The first-order chi connectivity index (χ1) is 27.7. The van der Waals surface area contributed by atoms with Gasteiger partial charge in [0.1, 0.15) is 23.8 Å². The Morgan fingerprint density at radius 3 is 2.04 bits per heavy atom. The number of benzene rings is 7. The number of fused-ring (bicyclic) bond motifs is 6. The first-order valence-electron chi connectivity index (χ1n) is 19.4. The Labute approximate surface area is 324 Å². The lowest BCUT2D eigenvalue weighted by molar-refractivity contribution is 0.409. The van der Waals surface area contributed by atoms with E-state index in [2.05, 4.69) is 191 Å². The van der Waals surface area contributed by atoms with Crippen LogP contribution in [-0.2, 0) is 0 Å². The van der Waals surface area contributed by atoms with Crippen molar-refractivity contribution in [1.29, 1.82) is 0 Å². The van der Waals surface area contributed by atoms with E-state index in [0.717, 1.165) is 74.1 Å². The van der Waals surface area contributed by atoms with E-state index in [0.29, 0.717) is 0 Å². The Balaban J connectivity index is 1.05. The number of aromatic nitrogens is 1. The predicted molar refractivity (Wildman–Crippen MR) is 230 cm³/mol. The third-order valence-corrected chi connectivity index (χ3v) is 11.3. The molecule has 9 aromatic rings. The van der Waals surface area contributed by atoms with Crippen molar-refractivity contribution in [2.24, 2.45) is 4.99 Å². The molecule has 3 heterocycles. The van der Waals surface area contributed by atoms with Crippen LogP contribution in [0, 0.1) is 0 Å². The maximum atomic E-state index is 6.61. The molecular weight excluding hydrogens is 685 g/mol. The van der Waals surface area contributed by atoms with Crippen LogP contribution in [0.5, 0.6) is 0 Å². The molecule has 0 fully saturated rings. The minimum Gasteiger partial charge on any atom is -0.454 e. The number of nitrogens with zero attached hydrogens (tertiary/aromatic N) is 2. The highest BCUT2D eigenvalue weighted by Crippen LogP contribution is 2.34. The van der Waals surface area contributed by atoms with E-state index in [4.69, 9.17) is 9.41 Å². The van der Waals surface area contributed by atoms with Crippen molar-refractivity contribution in [1.82, 2.24) is 15.2 Å². The number of rotatable bonds is 6. The molecule has 0 saturated heterocycles. The van der Waals surface area contributed by atoms with E-state index >= 15 is 0 Å². The minimum atomic E-state index is -0.275. The number of furan rings is 1. The van der Waals surface area contributed by atoms with Crippen molar-refractivity contribution in [2.75, 3.05) is 0 Å². The van der Waals surface area contributed by atoms with Crippen molar-refractivity contribution in [2.45, 2.75) is 25.2 Å². The van der Waals surface area contributed by atoms with Gasteiger partial charge >= 0.3 is 0 Å². The lowest BCUT2D eigenvalue weighted by Crippen LogP contribution is -2.45. The average Bonchev–Trinajstić information content (AvgIpc) is 3.83. The topological polar surface area (TPSA) is 54.5 Å². The van der Waals surface area contributed by atoms with Crippen LogP contribution < -0.4 is 21.2 Å². The number of hydrogen-bond donors (Lipinski definition) is 2. The SMILES string of the molecule is C1=c2c(n(-c3cccc4c3oc3ccccc34)c3cc(C4NC(c5cccc(-c6ccccc6)c5)=NC(c5ccc(-c6ccccc6)cc5)N4)ccc23)=CCC1. The van der Waals surface area contributed by atoms with Gasteiger partial charge in [-0.3, -0.25) is 5.32 Å². The van der Waals surface area contributed by atoms with E-state index in [-0.39, 0.29) is 12.3 Å². The fourth-order valence-corrected chi connectivity index (χ4v) is 8.57. The van der Waals surface area contributed by atoms with Gasteiger partial charge in [0, 0.05) is 32.3 Å². The summed E-state index contributed by atoms with van der Waals surface area (Å²) in [6.07, 6.45) is 6.31. The quantitative estimate of drug-likeness (QED) is 0.180. The van der Waals surface area contributed by atoms with Crippen LogP contribution in [0.2, 0.25) is 0 Å². The first-order valence-corrected chi connectivity index (χ1v) is 19.4. The Morgan fingerprint density at radius 2 is 1.20 bits per heavy atom. The van der Waals surface area contributed by atoms with Crippen LogP contribution in [0.1, 0.15) is 41.9 Å². The molecule has 2 N–H and O–H groups in total. The highest BCUT2D eigenvalue weighted by Gasteiger charge is 2.27. The molecule has 2 atom stereocenters. The Morgan fingerprint density at radius 1 is 0.536 bits per heavy atom. The van der Waals surface area contributed by atoms with Crippen LogP contribution in [0.4, 0.5) is 0 Å². The molecule has 0 saturated carbocycles. The van der Waals surface area contributed by atoms with Gasteiger partial charge in [-0.25, -0.2) is 4.99 Å². The summed E-state index contributed by atoms with van der Waals surface area (Å²) in [6.45, 7) is 0. The molecule has 268 valence electrons. The molecule has 5 heteroatoms. The van der Waals surface area contributed by atoms with Crippen molar-refractivity contribution >= 4 is 50.8 Å². The molecule has 11 rings (SSSR count). The molecule has 2 unspecified atom stereocenters. The van der Waals surface area contributed by atoms with Crippen molar-refractivity contribution in [3.8, 4) is 27.9 Å². The summed E-state index contributed by atoms with van der Waals surface area (Å²) in [4.78, 5) is 5.34. The molecule has 0 spiro atoms. The second kappa shape index (κ2) is 13.4. The highest BCUT2D eigenvalue weighted by molar-refractivity contribution is 6.08. The number of amidine groups is 1. The maximum Gasteiger partial charge on any atom is 0.159 e. The van der Waals surface area contributed by atoms with E-state index in [1.165, 1.54) is 32.6 Å². The van der Waals surface area contributed by atoms with Crippen LogP contribution in [-0.4, -0.2) is 10.4 Å². The predicted octanol–water partition coefficient (Wildman–Crippen LogP) is 10.6. The van der Waals surface area contributed by atoms with E-state index in [9.17, 15) is 0 Å². The summed E-state index contributed by atoms with van der Waals surface area (Å²) < 4.78 is 9.02. The van der Waals surface area contributed by atoms with Gasteiger partial charge in [-0.05, 0) is 70.5 Å². The van der Waals surface area contributed by atoms with E-state index in [1.54, 1.807) is 0 Å². The smallest absolute Gasteiger partial charge is 0.159 e. The number of para-hydroxylation sites is 2. The zero-order valence-corrected chi connectivity index (χ0v) is 30.7. The third-order valence-electron chi connectivity index (χ3n) is 11.3. The van der Waals surface area contributed by atoms with Gasteiger partial charge in [0.15, 0.2) is 5.58 Å². The van der Waals surface area contributed by atoms with E-state index in [1.807, 2.05) is 6.07 Å². The Hall–Kier alpha value is -6.95. The van der Waals surface area contributed by atoms with Gasteiger partial charge in [0.05, 0.1) is 11.2 Å². The van der Waals surface area contributed by atoms with Gasteiger partial charge < -0.3 is 14.3 Å². The first kappa shape index (κ1) is 32.5. The number of aliphatic imine (C=N–C) groups is 1. The van der Waals surface area contributed by atoms with Crippen LogP contribution >= 0.6 is 0 Å². The van der Waals surface area contributed by atoms with Crippen LogP contribution in [0.3, 0.4) is 0 Å². The summed E-state index contributed by atoms with van der Waals surface area (Å²) in [5.41, 5.74) is 12.0. The number of nitrogens with one attached hydrogen (secondary N) is 2. The fraction of sp³-hybridized carbons (Fsp3) is 0.0784. The third kappa shape index (κ3) is 5.55. The Bertz CT molecular complexity index is 3090. The molecule has 1 aliphatic heterocycles. The van der Waals surface area contributed by atoms with Crippen LogP contribution in [0.25, 0.3) is 72.9 Å². The average molecular weight is 723 g/mol. The zero-order chi connectivity index (χ0) is 37.0. The Kier molecular flexibility index (Phi) is 7.78. The molecule has 5 nitrogen and oxygen atoms in total. The molecule has 2 aromatic heterocycles. The lowest BCUT2D eigenvalue weighted by Gasteiger charge is -2.32. The zero-order valence-electron chi connectivity index (χ0n) is 30.7. The molecule has 0 radical (unpaired) electrons. The lowest BCUT2D eigenvalue weighted by atomic mass is 10.0. The summed E-state index contributed by atoms with van der Waals surface area (Å²) in [7, 11) is 0. The standard InChI is InChI=1S/C51H38N4O/c1-3-13-33(14-4-1)35-25-27-36(28-26-35)49-52-50(38-18-11-17-37(31-38)34-15-5-2-6-16-34)54-51(53-49)39-29-30-41-40-19-7-9-22-44(40)55(46(41)32-39)45-23-12-21-43-42-20-8-10-24-47(42)56-48(43)45/h1-6,8,10-32,49,51,53H,7,9H2,(H,52,54). The second-order valence-corrected chi connectivity index (χ2v) is 14.7. The molecule has 1 aliphatic carbocycles. The van der Waals surface area contributed by atoms with Crippen molar-refractivity contribution in [3.63, 3.8) is 0 Å². The van der Waals surface area contributed by atoms with Crippen molar-refractivity contribution < 1.29 is 4.42 Å². The van der Waals surface area contributed by atoms with E-state index < -0.39 is 0 Å².